The lowest BCUT2D eigenvalue weighted by molar-refractivity contribution is -0.384. The number of nitro groups is 1. The number of halogens is 1. The molecule has 0 saturated heterocycles. The van der Waals surface area contributed by atoms with Crippen LogP contribution in [0.5, 0.6) is 0 Å². The Bertz CT molecular complexity index is 530. The number of hydrogen-bond acceptors (Lipinski definition) is 4. The van der Waals surface area contributed by atoms with Crippen molar-refractivity contribution in [3.05, 3.63) is 33.9 Å². The molecular weight excluding hydrogens is 290 g/mol. The quantitative estimate of drug-likeness (QED) is 0.460. The average molecular weight is 312 g/mol. The highest BCUT2D eigenvalue weighted by Gasteiger charge is 2.40. The second-order valence-corrected chi connectivity index (χ2v) is 6.31. The van der Waals surface area contributed by atoms with Crippen molar-refractivity contribution in [1.82, 2.24) is 4.90 Å². The first-order chi connectivity index (χ1) is 9.89. The Balaban J connectivity index is 2.26. The Kier molecular flexibility index (Phi) is 4.74. The number of nitrogens with zero attached hydrogens (tertiary/aromatic N) is 3. The lowest BCUT2D eigenvalue weighted by atomic mass is 9.75. The van der Waals surface area contributed by atoms with Crippen molar-refractivity contribution in [2.75, 3.05) is 32.6 Å². The van der Waals surface area contributed by atoms with E-state index in [1.807, 2.05) is 18.0 Å². The summed E-state index contributed by atoms with van der Waals surface area (Å²) in [6.07, 6.45) is 3.50. The second kappa shape index (κ2) is 6.20. The van der Waals surface area contributed by atoms with Crippen molar-refractivity contribution in [3.8, 4) is 0 Å². The Labute approximate surface area is 130 Å². The van der Waals surface area contributed by atoms with Gasteiger partial charge in [0.15, 0.2) is 0 Å². The molecular formula is C15H22ClN3O2. The average Bonchev–Trinajstić information content (AvgIpc) is 2.41. The van der Waals surface area contributed by atoms with Gasteiger partial charge in [-0.25, -0.2) is 0 Å². The molecule has 116 valence electrons. The maximum Gasteiger partial charge on any atom is 0.292 e. The van der Waals surface area contributed by atoms with Crippen molar-refractivity contribution in [2.24, 2.45) is 0 Å². The highest BCUT2D eigenvalue weighted by molar-refractivity contribution is 6.17. The fourth-order valence-corrected chi connectivity index (χ4v) is 3.15. The van der Waals surface area contributed by atoms with Gasteiger partial charge in [0.1, 0.15) is 5.69 Å². The third-order valence-electron chi connectivity index (χ3n) is 4.57. The summed E-state index contributed by atoms with van der Waals surface area (Å²) >= 11 is 5.77. The van der Waals surface area contributed by atoms with Crippen molar-refractivity contribution in [3.63, 3.8) is 0 Å². The lowest BCUT2D eigenvalue weighted by Gasteiger charge is -2.49. The van der Waals surface area contributed by atoms with Gasteiger partial charge in [-0.3, -0.25) is 10.1 Å². The van der Waals surface area contributed by atoms with E-state index in [4.69, 9.17) is 11.6 Å². The molecule has 0 unspecified atom stereocenters. The fourth-order valence-electron chi connectivity index (χ4n) is 2.98. The summed E-state index contributed by atoms with van der Waals surface area (Å²) < 4.78 is 0. The molecule has 0 bridgehead atoms. The molecule has 0 atom stereocenters. The van der Waals surface area contributed by atoms with Gasteiger partial charge in [-0.2, -0.15) is 0 Å². The lowest BCUT2D eigenvalue weighted by Crippen LogP contribution is -2.56. The minimum Gasteiger partial charge on any atom is -0.367 e. The highest BCUT2D eigenvalue weighted by Crippen LogP contribution is 2.39. The monoisotopic (exact) mass is 311 g/mol. The van der Waals surface area contributed by atoms with Gasteiger partial charge in [-0.15, -0.1) is 11.6 Å². The van der Waals surface area contributed by atoms with Gasteiger partial charge in [0.2, 0.25) is 0 Å². The molecule has 21 heavy (non-hydrogen) atoms. The summed E-state index contributed by atoms with van der Waals surface area (Å²) in [4.78, 5) is 15.2. The summed E-state index contributed by atoms with van der Waals surface area (Å²) in [7, 11) is 6.09. The molecule has 0 aliphatic heterocycles. The number of likely N-dealkylation sites (N-methyl/N-ethyl adjacent to an activating group) is 2. The van der Waals surface area contributed by atoms with E-state index in [0.29, 0.717) is 5.69 Å². The molecule has 0 heterocycles. The van der Waals surface area contributed by atoms with Gasteiger partial charge in [-0.05, 0) is 45.0 Å². The van der Waals surface area contributed by atoms with E-state index in [0.717, 1.165) is 24.9 Å². The van der Waals surface area contributed by atoms with Gasteiger partial charge < -0.3 is 9.80 Å². The van der Waals surface area contributed by atoms with Gasteiger partial charge in [0.25, 0.3) is 5.69 Å². The third kappa shape index (κ3) is 3.14. The zero-order valence-corrected chi connectivity index (χ0v) is 13.6. The number of benzene rings is 1. The van der Waals surface area contributed by atoms with E-state index >= 15 is 0 Å². The fraction of sp³-hybridized carbons (Fsp3) is 0.600. The van der Waals surface area contributed by atoms with E-state index in [1.54, 1.807) is 12.1 Å². The van der Waals surface area contributed by atoms with E-state index in [9.17, 15) is 10.1 Å². The predicted molar refractivity (Wildman–Crippen MR) is 86.2 cm³/mol. The van der Waals surface area contributed by atoms with Crippen LogP contribution in [0.2, 0.25) is 0 Å². The Hall–Kier alpha value is -1.33. The normalized spacial score (nSPS) is 16.6. The highest BCUT2D eigenvalue weighted by atomic mass is 35.5. The van der Waals surface area contributed by atoms with E-state index in [2.05, 4.69) is 19.0 Å². The molecule has 0 amide bonds. The standard InChI is InChI=1S/C15H22ClN3O2/c1-17(2)15(7-4-8-15)11-18(3)13-6-5-12(10-16)9-14(13)19(20)21/h5-6,9H,4,7-8,10-11H2,1-3H3. The number of rotatable bonds is 6. The van der Waals surface area contributed by atoms with Crippen LogP contribution in [0.15, 0.2) is 18.2 Å². The molecule has 2 rings (SSSR count). The van der Waals surface area contributed by atoms with Crippen LogP contribution in [-0.4, -0.2) is 43.0 Å². The molecule has 5 nitrogen and oxygen atoms in total. The van der Waals surface area contributed by atoms with Gasteiger partial charge in [0.05, 0.1) is 4.92 Å². The smallest absolute Gasteiger partial charge is 0.292 e. The van der Waals surface area contributed by atoms with Gasteiger partial charge >= 0.3 is 0 Å². The zero-order chi connectivity index (χ0) is 15.6. The summed E-state index contributed by atoms with van der Waals surface area (Å²) in [5.74, 6) is 0.284. The molecule has 1 aromatic carbocycles. The summed E-state index contributed by atoms with van der Waals surface area (Å²) in [6, 6.07) is 5.23. The van der Waals surface area contributed by atoms with Crippen LogP contribution in [0, 0.1) is 10.1 Å². The van der Waals surface area contributed by atoms with Gasteiger partial charge in [0, 0.05) is 31.1 Å². The molecule has 1 aliphatic rings. The molecule has 1 aliphatic carbocycles. The predicted octanol–water partition coefficient (Wildman–Crippen LogP) is 3.25. The minimum atomic E-state index is -0.328. The first kappa shape index (κ1) is 16.0. The summed E-state index contributed by atoms with van der Waals surface area (Å²) in [5, 5.41) is 11.3. The van der Waals surface area contributed by atoms with Crippen molar-refractivity contribution < 1.29 is 4.92 Å². The second-order valence-electron chi connectivity index (χ2n) is 6.04. The Morgan fingerprint density at radius 2 is 2.00 bits per heavy atom. The number of nitro benzene ring substituents is 1. The Morgan fingerprint density at radius 3 is 2.43 bits per heavy atom. The van der Waals surface area contributed by atoms with E-state index in [-0.39, 0.29) is 22.0 Å². The molecule has 0 N–H and O–H groups in total. The van der Waals surface area contributed by atoms with Crippen LogP contribution in [0.25, 0.3) is 0 Å². The molecule has 1 saturated carbocycles. The maximum absolute atomic E-state index is 11.3. The molecule has 0 aromatic heterocycles. The van der Waals surface area contributed by atoms with Crippen LogP contribution < -0.4 is 4.90 Å². The van der Waals surface area contributed by atoms with Gasteiger partial charge in [-0.1, -0.05) is 6.07 Å². The summed E-state index contributed by atoms with van der Waals surface area (Å²) in [6.45, 7) is 0.793. The number of hydrogen-bond donors (Lipinski definition) is 0. The molecule has 0 radical (unpaired) electrons. The van der Waals surface area contributed by atoms with E-state index in [1.165, 1.54) is 6.42 Å². The van der Waals surface area contributed by atoms with Crippen molar-refractivity contribution in [1.29, 1.82) is 0 Å². The van der Waals surface area contributed by atoms with Crippen LogP contribution in [0.1, 0.15) is 24.8 Å². The number of alkyl halides is 1. The van der Waals surface area contributed by atoms with Crippen LogP contribution in [0.3, 0.4) is 0 Å². The maximum atomic E-state index is 11.3. The topological polar surface area (TPSA) is 49.6 Å². The van der Waals surface area contributed by atoms with Crippen LogP contribution >= 0.6 is 11.6 Å². The van der Waals surface area contributed by atoms with Crippen molar-refractivity contribution >= 4 is 23.0 Å². The minimum absolute atomic E-state index is 0.129. The molecule has 0 spiro atoms. The SMILES string of the molecule is CN(CC1(N(C)C)CCC1)c1ccc(CCl)cc1[N+](=O)[O-]. The first-order valence-corrected chi connectivity index (χ1v) is 7.65. The van der Waals surface area contributed by atoms with Crippen molar-refractivity contribution in [2.45, 2.75) is 30.7 Å². The largest absolute Gasteiger partial charge is 0.367 e. The zero-order valence-electron chi connectivity index (χ0n) is 12.8. The molecule has 1 fully saturated rings. The van der Waals surface area contributed by atoms with Crippen LogP contribution in [-0.2, 0) is 5.88 Å². The number of anilines is 1. The summed E-state index contributed by atoms with van der Waals surface area (Å²) in [5.41, 5.74) is 1.69. The Morgan fingerprint density at radius 1 is 1.33 bits per heavy atom. The molecule has 1 aromatic rings. The van der Waals surface area contributed by atoms with Crippen LogP contribution in [0.4, 0.5) is 11.4 Å². The van der Waals surface area contributed by atoms with E-state index < -0.39 is 0 Å². The first-order valence-electron chi connectivity index (χ1n) is 7.11. The third-order valence-corrected chi connectivity index (χ3v) is 4.88. The molecule has 6 heteroatoms.